The minimum Gasteiger partial charge on any atom is -0.478 e. The molecule has 0 radical (unpaired) electrons. The van der Waals surface area contributed by atoms with Gasteiger partial charge in [-0.3, -0.25) is 0 Å². The lowest BCUT2D eigenvalue weighted by atomic mass is 9.96. The maximum Gasteiger partial charge on any atom is 0.339 e. The van der Waals surface area contributed by atoms with Crippen molar-refractivity contribution >= 4 is 11.9 Å². The first-order valence-electron chi connectivity index (χ1n) is 13.6. The molecule has 0 fully saturated rings. The Morgan fingerprint density at radius 3 is 1.73 bits per heavy atom. The van der Waals surface area contributed by atoms with Gasteiger partial charge in [0.1, 0.15) is 0 Å². The Kier molecular flexibility index (Phi) is 20.8. The molecule has 0 amide bonds. The van der Waals surface area contributed by atoms with E-state index in [9.17, 15) is 14.7 Å². The summed E-state index contributed by atoms with van der Waals surface area (Å²) in [4.78, 5) is 24.2. The van der Waals surface area contributed by atoms with Crippen molar-refractivity contribution in [2.24, 2.45) is 0 Å². The van der Waals surface area contributed by atoms with Crippen LogP contribution in [-0.4, -0.2) is 23.7 Å². The van der Waals surface area contributed by atoms with Crippen LogP contribution >= 0.6 is 0 Å². The van der Waals surface area contributed by atoms with Crippen LogP contribution in [0.15, 0.2) is 18.2 Å². The van der Waals surface area contributed by atoms with Gasteiger partial charge >= 0.3 is 11.9 Å². The molecule has 1 aromatic carbocycles. The first-order chi connectivity index (χ1) is 16.0. The summed E-state index contributed by atoms with van der Waals surface area (Å²) < 4.78 is 5.35. The number of aromatic carboxylic acids is 1. The van der Waals surface area contributed by atoms with Gasteiger partial charge < -0.3 is 9.84 Å². The number of unbranched alkanes of at least 4 members (excludes halogenated alkanes) is 12. The Bertz CT molecular complexity index is 622. The number of rotatable bonds is 18. The highest BCUT2D eigenvalue weighted by molar-refractivity contribution is 6.03. The number of carbonyl (C=O) groups excluding carboxylic acids is 1. The van der Waals surface area contributed by atoms with Gasteiger partial charge in [0.2, 0.25) is 0 Å². The Labute approximate surface area is 203 Å². The summed E-state index contributed by atoms with van der Waals surface area (Å²) in [7, 11) is 0. The van der Waals surface area contributed by atoms with E-state index in [1.165, 1.54) is 64.2 Å². The van der Waals surface area contributed by atoms with Crippen molar-refractivity contribution in [2.45, 2.75) is 130 Å². The van der Waals surface area contributed by atoms with Gasteiger partial charge in [0.25, 0.3) is 0 Å². The fourth-order valence-electron chi connectivity index (χ4n) is 3.81. The molecule has 0 aromatic heterocycles. The summed E-state index contributed by atoms with van der Waals surface area (Å²) >= 11 is 0. The quantitative estimate of drug-likeness (QED) is 0.175. The molecule has 0 spiro atoms. The maximum atomic E-state index is 12.4. The second kappa shape index (κ2) is 22.0. The van der Waals surface area contributed by atoms with Crippen LogP contribution in [0.5, 0.6) is 0 Å². The molecule has 1 rings (SSSR count). The maximum absolute atomic E-state index is 12.4. The van der Waals surface area contributed by atoms with Gasteiger partial charge in [-0.1, -0.05) is 123 Å². The molecule has 0 aliphatic carbocycles. The highest BCUT2D eigenvalue weighted by Crippen LogP contribution is 2.20. The SMILES string of the molecule is CCCCC.CCCCCCCCOC(=O)c1cccc(CCCCCCCC)c1C(=O)O. The highest BCUT2D eigenvalue weighted by atomic mass is 16.5. The normalized spacial score (nSPS) is 10.4. The van der Waals surface area contributed by atoms with E-state index in [0.717, 1.165) is 37.7 Å². The summed E-state index contributed by atoms with van der Waals surface area (Å²) in [6, 6.07) is 5.15. The lowest BCUT2D eigenvalue weighted by Crippen LogP contribution is -2.15. The molecule has 33 heavy (non-hydrogen) atoms. The first-order valence-corrected chi connectivity index (χ1v) is 13.6. The molecule has 0 bridgehead atoms. The van der Waals surface area contributed by atoms with Gasteiger partial charge in [-0.05, 0) is 30.9 Å². The van der Waals surface area contributed by atoms with Crippen LogP contribution in [0.3, 0.4) is 0 Å². The molecule has 4 nitrogen and oxygen atoms in total. The van der Waals surface area contributed by atoms with E-state index in [1.54, 1.807) is 12.1 Å². The van der Waals surface area contributed by atoms with Crippen LogP contribution < -0.4 is 0 Å². The lowest BCUT2D eigenvalue weighted by Gasteiger charge is -2.12. The molecule has 0 saturated heterocycles. The predicted molar refractivity (Wildman–Crippen MR) is 139 cm³/mol. The molecule has 4 heteroatoms. The largest absolute Gasteiger partial charge is 0.478 e. The van der Waals surface area contributed by atoms with Crippen LogP contribution in [0.25, 0.3) is 0 Å². The number of benzene rings is 1. The summed E-state index contributed by atoms with van der Waals surface area (Å²) in [5.41, 5.74) is 1.03. The molecule has 0 aliphatic heterocycles. The van der Waals surface area contributed by atoms with Crippen LogP contribution in [-0.2, 0) is 11.2 Å². The van der Waals surface area contributed by atoms with Crippen LogP contribution in [0.1, 0.15) is 150 Å². The number of carboxylic acids is 1. The zero-order valence-corrected chi connectivity index (χ0v) is 21.9. The number of hydrogen-bond acceptors (Lipinski definition) is 3. The number of carbonyl (C=O) groups is 2. The molecular weight excluding hydrogens is 412 g/mol. The predicted octanol–water partition coefficient (Wildman–Crippen LogP) is 9.00. The number of esters is 1. The Balaban J connectivity index is 0.00000184. The Morgan fingerprint density at radius 1 is 0.697 bits per heavy atom. The summed E-state index contributed by atoms with van der Waals surface area (Å²) in [6.45, 7) is 9.15. The highest BCUT2D eigenvalue weighted by Gasteiger charge is 2.21. The number of hydrogen-bond donors (Lipinski definition) is 1. The molecule has 1 N–H and O–H groups in total. The summed E-state index contributed by atoms with van der Waals surface area (Å²) in [5.74, 6) is -1.57. The van der Waals surface area contributed by atoms with Gasteiger partial charge in [-0.15, -0.1) is 0 Å². The Hall–Kier alpha value is -1.84. The molecule has 0 saturated carbocycles. The van der Waals surface area contributed by atoms with Crippen molar-refractivity contribution in [3.05, 3.63) is 34.9 Å². The summed E-state index contributed by atoms with van der Waals surface area (Å²) in [5, 5.41) is 9.65. The molecule has 0 heterocycles. The minimum absolute atomic E-state index is 0.115. The fourth-order valence-corrected chi connectivity index (χ4v) is 3.81. The number of carboxylic acid groups (broad SMARTS) is 1. The van der Waals surface area contributed by atoms with Gasteiger partial charge in [0, 0.05) is 0 Å². The van der Waals surface area contributed by atoms with Crippen molar-refractivity contribution < 1.29 is 19.4 Å². The van der Waals surface area contributed by atoms with Crippen LogP contribution in [0.4, 0.5) is 0 Å². The monoisotopic (exact) mass is 462 g/mol. The van der Waals surface area contributed by atoms with Crippen LogP contribution in [0, 0.1) is 0 Å². The third-order valence-electron chi connectivity index (χ3n) is 5.82. The second-order valence-corrected chi connectivity index (χ2v) is 8.92. The molecule has 0 aliphatic rings. The average molecular weight is 463 g/mol. The van der Waals surface area contributed by atoms with Gasteiger partial charge in [0.15, 0.2) is 0 Å². The van der Waals surface area contributed by atoms with Crippen molar-refractivity contribution in [2.75, 3.05) is 6.61 Å². The third-order valence-corrected chi connectivity index (χ3v) is 5.82. The number of ether oxygens (including phenoxy) is 1. The first kappa shape index (κ1) is 31.2. The Morgan fingerprint density at radius 2 is 1.21 bits per heavy atom. The van der Waals surface area contributed by atoms with Crippen molar-refractivity contribution in [3.63, 3.8) is 0 Å². The van der Waals surface area contributed by atoms with Gasteiger partial charge in [-0.2, -0.15) is 0 Å². The molecular formula is C29H50O4. The second-order valence-electron chi connectivity index (χ2n) is 8.92. The zero-order valence-electron chi connectivity index (χ0n) is 21.9. The molecule has 0 unspecified atom stereocenters. The van der Waals surface area contributed by atoms with E-state index >= 15 is 0 Å². The number of aryl methyl sites for hydroxylation is 1. The molecule has 1 aromatic rings. The fraction of sp³-hybridized carbons (Fsp3) is 0.724. The van der Waals surface area contributed by atoms with Crippen molar-refractivity contribution in [1.82, 2.24) is 0 Å². The van der Waals surface area contributed by atoms with E-state index in [0.29, 0.717) is 13.0 Å². The van der Waals surface area contributed by atoms with Crippen LogP contribution in [0.2, 0.25) is 0 Å². The van der Waals surface area contributed by atoms with Gasteiger partial charge in [0.05, 0.1) is 17.7 Å². The van der Waals surface area contributed by atoms with E-state index in [2.05, 4.69) is 27.7 Å². The van der Waals surface area contributed by atoms with Crippen molar-refractivity contribution in [1.29, 1.82) is 0 Å². The lowest BCUT2D eigenvalue weighted by molar-refractivity contribution is 0.0487. The van der Waals surface area contributed by atoms with E-state index in [4.69, 9.17) is 4.74 Å². The standard InChI is InChI=1S/C24H38O4.C5H12/c1-3-5-7-9-11-13-16-20-17-15-18-21(22(20)23(25)26)24(27)28-19-14-12-10-8-6-4-2;1-3-5-4-2/h15,17-18H,3-14,16,19H2,1-2H3,(H,25,26);3-5H2,1-2H3. The topological polar surface area (TPSA) is 63.6 Å². The van der Waals surface area contributed by atoms with E-state index in [-0.39, 0.29) is 11.1 Å². The molecule has 0 atom stereocenters. The zero-order chi connectivity index (χ0) is 24.7. The third kappa shape index (κ3) is 15.6. The average Bonchev–Trinajstić information content (AvgIpc) is 2.81. The molecule has 190 valence electrons. The van der Waals surface area contributed by atoms with Crippen molar-refractivity contribution in [3.8, 4) is 0 Å². The van der Waals surface area contributed by atoms with E-state index < -0.39 is 11.9 Å². The van der Waals surface area contributed by atoms with E-state index in [1.807, 2.05) is 6.07 Å². The summed E-state index contributed by atoms with van der Waals surface area (Å²) in [6.07, 6.45) is 18.4. The smallest absolute Gasteiger partial charge is 0.339 e. The van der Waals surface area contributed by atoms with Gasteiger partial charge in [-0.25, -0.2) is 9.59 Å². The minimum atomic E-state index is -1.05.